The summed E-state index contributed by atoms with van der Waals surface area (Å²) < 4.78 is 10.9. The average molecular weight is 356 g/mol. The minimum atomic E-state index is -0.710. The van der Waals surface area contributed by atoms with Crippen molar-refractivity contribution in [1.82, 2.24) is 0 Å². The molecule has 0 unspecified atom stereocenters. The number of phenols is 1. The number of ketones is 1. The lowest BCUT2D eigenvalue weighted by atomic mass is 10.00. The maximum Gasteiger partial charge on any atom is 0.347 e. The molecule has 130 valence electrons. The van der Waals surface area contributed by atoms with Gasteiger partial charge >= 0.3 is 5.63 Å². The molecule has 5 rings (SSSR count). The van der Waals surface area contributed by atoms with E-state index in [1.54, 1.807) is 36.4 Å². The first kappa shape index (κ1) is 15.4. The van der Waals surface area contributed by atoms with Gasteiger partial charge in [0.25, 0.3) is 0 Å². The van der Waals surface area contributed by atoms with Crippen LogP contribution in [0.25, 0.3) is 32.7 Å². The number of carbonyl (C=O) groups is 1. The summed E-state index contributed by atoms with van der Waals surface area (Å²) in [6.45, 7) is 0. The molecule has 0 spiro atoms. The number of furan rings is 1. The molecule has 0 amide bonds. The van der Waals surface area contributed by atoms with Crippen molar-refractivity contribution in [1.29, 1.82) is 0 Å². The zero-order valence-corrected chi connectivity index (χ0v) is 13.9. The fourth-order valence-corrected chi connectivity index (χ4v) is 3.38. The van der Waals surface area contributed by atoms with Gasteiger partial charge in [0.2, 0.25) is 5.78 Å². The summed E-state index contributed by atoms with van der Waals surface area (Å²) in [5.41, 5.74) is 0.312. The number of carbonyl (C=O) groups excluding carboxylic acids is 1. The van der Waals surface area contributed by atoms with Gasteiger partial charge in [0.1, 0.15) is 28.7 Å². The van der Waals surface area contributed by atoms with Gasteiger partial charge in [0.15, 0.2) is 0 Å². The molecular formula is C22H12O5. The minimum Gasteiger partial charge on any atom is -0.507 e. The third-order valence-corrected chi connectivity index (χ3v) is 4.69. The second-order valence-corrected chi connectivity index (χ2v) is 6.28. The molecule has 5 nitrogen and oxygen atoms in total. The summed E-state index contributed by atoms with van der Waals surface area (Å²) in [6.07, 6.45) is 1.31. The van der Waals surface area contributed by atoms with Gasteiger partial charge < -0.3 is 13.9 Å². The van der Waals surface area contributed by atoms with E-state index in [9.17, 15) is 14.7 Å². The minimum absolute atomic E-state index is 0.0408. The fourth-order valence-electron chi connectivity index (χ4n) is 3.38. The number of phenolic OH excluding ortho intramolecular Hbond substituents is 1. The van der Waals surface area contributed by atoms with E-state index in [0.29, 0.717) is 32.7 Å². The van der Waals surface area contributed by atoms with Crippen molar-refractivity contribution >= 4 is 38.5 Å². The summed E-state index contributed by atoms with van der Waals surface area (Å²) in [5.74, 6) is -0.470. The van der Waals surface area contributed by atoms with E-state index in [4.69, 9.17) is 8.83 Å². The van der Waals surface area contributed by atoms with Crippen LogP contribution in [0.5, 0.6) is 5.75 Å². The fraction of sp³-hybridized carbons (Fsp3) is 0. The highest BCUT2D eigenvalue weighted by Crippen LogP contribution is 2.35. The Bertz CT molecular complexity index is 1420. The quantitative estimate of drug-likeness (QED) is 0.368. The van der Waals surface area contributed by atoms with Gasteiger partial charge in [-0.2, -0.15) is 0 Å². The molecule has 1 N–H and O–H groups in total. The maximum atomic E-state index is 13.0. The standard InChI is InChI=1S/C22H12O5/c23-18-10-15-17(11-26-21(15)14-7-3-2-6-13(14)18)20(24)16-9-12-5-1-4-8-19(12)27-22(16)25/h1-11,23H. The second-order valence-electron chi connectivity index (χ2n) is 6.28. The van der Waals surface area contributed by atoms with E-state index in [0.717, 1.165) is 0 Å². The normalized spacial score (nSPS) is 11.4. The third-order valence-electron chi connectivity index (χ3n) is 4.69. The van der Waals surface area contributed by atoms with Crippen LogP contribution in [0.1, 0.15) is 15.9 Å². The van der Waals surface area contributed by atoms with E-state index < -0.39 is 11.4 Å². The van der Waals surface area contributed by atoms with Crippen molar-refractivity contribution < 1.29 is 18.7 Å². The Morgan fingerprint density at radius 3 is 2.44 bits per heavy atom. The van der Waals surface area contributed by atoms with Crippen LogP contribution >= 0.6 is 0 Å². The lowest BCUT2D eigenvalue weighted by molar-refractivity contribution is 0.103. The zero-order chi connectivity index (χ0) is 18.5. The Kier molecular flexibility index (Phi) is 3.18. The number of hydrogen-bond acceptors (Lipinski definition) is 5. The Morgan fingerprint density at radius 1 is 0.852 bits per heavy atom. The molecule has 0 aliphatic heterocycles. The average Bonchev–Trinajstić information content (AvgIpc) is 3.11. The largest absolute Gasteiger partial charge is 0.507 e. The molecule has 2 aromatic heterocycles. The van der Waals surface area contributed by atoms with Crippen LogP contribution in [0.3, 0.4) is 0 Å². The van der Waals surface area contributed by atoms with Gasteiger partial charge in [-0.1, -0.05) is 42.5 Å². The Hall–Kier alpha value is -3.86. The first-order chi connectivity index (χ1) is 13.1. The molecule has 0 aliphatic carbocycles. The summed E-state index contributed by atoms with van der Waals surface area (Å²) in [4.78, 5) is 25.3. The SMILES string of the molecule is O=C(c1cc2ccccc2oc1=O)c1coc2c1cc(O)c1ccccc12. The zero-order valence-electron chi connectivity index (χ0n) is 13.9. The molecule has 0 saturated carbocycles. The van der Waals surface area contributed by atoms with Crippen molar-refractivity contribution in [3.63, 3.8) is 0 Å². The molecule has 0 saturated heterocycles. The number of fused-ring (bicyclic) bond motifs is 4. The van der Waals surface area contributed by atoms with Crippen LogP contribution in [0.2, 0.25) is 0 Å². The van der Waals surface area contributed by atoms with Gasteiger partial charge in [0.05, 0.1) is 5.56 Å². The Balaban J connectivity index is 1.75. The second kappa shape index (κ2) is 5.57. The maximum absolute atomic E-state index is 13.0. The van der Waals surface area contributed by atoms with Crippen molar-refractivity contribution in [3.05, 3.63) is 88.5 Å². The van der Waals surface area contributed by atoms with Crippen molar-refractivity contribution in [2.24, 2.45) is 0 Å². The lowest BCUT2D eigenvalue weighted by Crippen LogP contribution is -2.14. The predicted octanol–water partition coefficient (Wildman–Crippen LogP) is 4.63. The van der Waals surface area contributed by atoms with Gasteiger partial charge in [-0.3, -0.25) is 4.79 Å². The van der Waals surface area contributed by atoms with Crippen molar-refractivity contribution in [2.75, 3.05) is 0 Å². The smallest absolute Gasteiger partial charge is 0.347 e. The summed E-state index contributed by atoms with van der Waals surface area (Å²) in [6, 6.07) is 17.2. The highest BCUT2D eigenvalue weighted by molar-refractivity contribution is 6.20. The molecule has 5 heteroatoms. The van der Waals surface area contributed by atoms with Crippen LogP contribution in [-0.4, -0.2) is 10.9 Å². The van der Waals surface area contributed by atoms with Crippen LogP contribution in [0.4, 0.5) is 0 Å². The molecule has 3 aromatic carbocycles. The van der Waals surface area contributed by atoms with E-state index in [2.05, 4.69) is 0 Å². The van der Waals surface area contributed by atoms with E-state index in [-0.39, 0.29) is 16.9 Å². The third kappa shape index (κ3) is 2.25. The highest BCUT2D eigenvalue weighted by atomic mass is 16.4. The van der Waals surface area contributed by atoms with Crippen LogP contribution in [0.15, 0.2) is 80.6 Å². The van der Waals surface area contributed by atoms with Gasteiger partial charge in [-0.25, -0.2) is 4.79 Å². The van der Waals surface area contributed by atoms with E-state index >= 15 is 0 Å². The van der Waals surface area contributed by atoms with Crippen LogP contribution in [-0.2, 0) is 0 Å². The number of hydrogen-bond donors (Lipinski definition) is 1. The Morgan fingerprint density at radius 2 is 1.59 bits per heavy atom. The number of benzene rings is 3. The van der Waals surface area contributed by atoms with Gasteiger partial charge in [0, 0.05) is 21.5 Å². The predicted molar refractivity (Wildman–Crippen MR) is 101 cm³/mol. The van der Waals surface area contributed by atoms with Crippen molar-refractivity contribution in [3.8, 4) is 5.75 Å². The first-order valence-corrected chi connectivity index (χ1v) is 8.33. The molecule has 0 radical (unpaired) electrons. The number of rotatable bonds is 2. The summed E-state index contributed by atoms with van der Waals surface area (Å²) in [5, 5.41) is 12.7. The number of para-hydroxylation sites is 1. The topological polar surface area (TPSA) is 80.7 Å². The summed E-state index contributed by atoms with van der Waals surface area (Å²) >= 11 is 0. The van der Waals surface area contributed by atoms with Crippen molar-refractivity contribution in [2.45, 2.75) is 0 Å². The molecular weight excluding hydrogens is 344 g/mol. The first-order valence-electron chi connectivity index (χ1n) is 8.33. The molecule has 0 aliphatic rings. The van der Waals surface area contributed by atoms with Gasteiger partial charge in [-0.15, -0.1) is 0 Å². The molecule has 5 aromatic rings. The molecule has 27 heavy (non-hydrogen) atoms. The highest BCUT2D eigenvalue weighted by Gasteiger charge is 2.22. The lowest BCUT2D eigenvalue weighted by Gasteiger charge is -2.03. The van der Waals surface area contributed by atoms with E-state index in [1.807, 2.05) is 12.1 Å². The molecule has 0 bridgehead atoms. The van der Waals surface area contributed by atoms with E-state index in [1.165, 1.54) is 18.4 Å². The molecule has 0 atom stereocenters. The number of aromatic hydroxyl groups is 1. The monoisotopic (exact) mass is 356 g/mol. The van der Waals surface area contributed by atoms with Crippen LogP contribution in [0, 0.1) is 0 Å². The van der Waals surface area contributed by atoms with Gasteiger partial charge in [-0.05, 0) is 18.2 Å². The molecule has 0 fully saturated rings. The molecule has 2 heterocycles. The Labute approximate surface area is 152 Å². The summed E-state index contributed by atoms with van der Waals surface area (Å²) in [7, 11) is 0. The van der Waals surface area contributed by atoms with Crippen LogP contribution < -0.4 is 5.63 Å².